The van der Waals surface area contributed by atoms with Crippen LogP contribution in [0.4, 0.5) is 5.82 Å². The zero-order valence-electron chi connectivity index (χ0n) is 20.8. The highest BCUT2D eigenvalue weighted by Gasteiger charge is 2.32. The van der Waals surface area contributed by atoms with E-state index in [0.717, 1.165) is 41.3 Å². The van der Waals surface area contributed by atoms with Gasteiger partial charge in [-0.05, 0) is 69.8 Å². The normalized spacial score (nSPS) is 22.6. The van der Waals surface area contributed by atoms with Gasteiger partial charge in [0, 0.05) is 29.2 Å². The van der Waals surface area contributed by atoms with Crippen LogP contribution in [0.15, 0.2) is 24.4 Å². The number of halogens is 3. The van der Waals surface area contributed by atoms with Crippen LogP contribution in [-0.2, 0) is 0 Å². The number of aromatic nitrogens is 4. The Morgan fingerprint density at radius 3 is 2.49 bits per heavy atom. The number of hydrogen-bond donors (Lipinski definition) is 0. The third kappa shape index (κ3) is 5.41. The van der Waals surface area contributed by atoms with Crippen molar-refractivity contribution in [1.82, 2.24) is 24.6 Å². The minimum Gasteiger partial charge on any atom is -0.355 e. The van der Waals surface area contributed by atoms with E-state index in [-0.39, 0.29) is 18.4 Å². The highest BCUT2D eigenvalue weighted by atomic mass is 35.5. The molecule has 4 heterocycles. The van der Waals surface area contributed by atoms with E-state index in [4.69, 9.17) is 38.3 Å². The SMILES string of the molecule is Cc1nn(C(C)c2ccc(Cl)cc2Cl)c2nc(N3CC[C@@H](N4CCCCCC4)[C@@H](C)C3)cnc12.Cl. The zero-order chi connectivity index (χ0) is 23.8. The lowest BCUT2D eigenvalue weighted by Crippen LogP contribution is -2.50. The molecule has 0 amide bonds. The summed E-state index contributed by atoms with van der Waals surface area (Å²) in [4.78, 5) is 15.0. The predicted octanol–water partition coefficient (Wildman–Crippen LogP) is 6.56. The second-order valence-electron chi connectivity index (χ2n) is 10.0. The van der Waals surface area contributed by atoms with Gasteiger partial charge < -0.3 is 4.90 Å². The van der Waals surface area contributed by atoms with Crippen molar-refractivity contribution in [2.75, 3.05) is 31.1 Å². The molecule has 1 unspecified atom stereocenters. The van der Waals surface area contributed by atoms with Gasteiger partial charge >= 0.3 is 0 Å². The van der Waals surface area contributed by atoms with Crippen LogP contribution in [0.1, 0.15) is 63.3 Å². The summed E-state index contributed by atoms with van der Waals surface area (Å²) in [6.45, 7) is 11.0. The van der Waals surface area contributed by atoms with Gasteiger partial charge in [-0.15, -0.1) is 12.4 Å². The Kier molecular flexibility index (Phi) is 8.47. The fraction of sp³-hybridized carbons (Fsp3) is 0.577. The van der Waals surface area contributed by atoms with E-state index >= 15 is 0 Å². The quantitative estimate of drug-likeness (QED) is 0.377. The molecule has 2 aromatic heterocycles. The first-order chi connectivity index (χ1) is 16.4. The number of benzene rings is 1. The molecule has 0 N–H and O–H groups in total. The largest absolute Gasteiger partial charge is 0.355 e. The van der Waals surface area contributed by atoms with Crippen molar-refractivity contribution in [3.63, 3.8) is 0 Å². The summed E-state index contributed by atoms with van der Waals surface area (Å²) in [7, 11) is 0. The Bertz CT molecular complexity index is 1160. The van der Waals surface area contributed by atoms with Crippen molar-refractivity contribution < 1.29 is 0 Å². The molecular formula is C26H35Cl3N6. The average molecular weight is 538 g/mol. The van der Waals surface area contributed by atoms with Crippen LogP contribution in [0.3, 0.4) is 0 Å². The minimum atomic E-state index is -0.0850. The van der Waals surface area contributed by atoms with Crippen LogP contribution < -0.4 is 4.90 Å². The molecule has 1 aromatic carbocycles. The highest BCUT2D eigenvalue weighted by molar-refractivity contribution is 6.35. The molecule has 0 bridgehead atoms. The first kappa shape index (κ1) is 26.5. The summed E-state index contributed by atoms with van der Waals surface area (Å²) < 4.78 is 1.95. The molecule has 3 aromatic rings. The molecule has 190 valence electrons. The van der Waals surface area contributed by atoms with Crippen LogP contribution in [0.5, 0.6) is 0 Å². The molecule has 0 aliphatic carbocycles. The van der Waals surface area contributed by atoms with Gasteiger partial charge in [-0.1, -0.05) is 49.0 Å². The van der Waals surface area contributed by atoms with E-state index in [2.05, 4.69) is 23.6 Å². The average Bonchev–Trinajstić information content (AvgIpc) is 2.98. The lowest BCUT2D eigenvalue weighted by Gasteiger charge is -2.42. The number of nitrogens with zero attached hydrogens (tertiary/aromatic N) is 6. The Labute approximate surface area is 224 Å². The summed E-state index contributed by atoms with van der Waals surface area (Å²) >= 11 is 12.6. The Morgan fingerprint density at radius 1 is 1.06 bits per heavy atom. The molecule has 0 radical (unpaired) electrons. The van der Waals surface area contributed by atoms with E-state index in [1.54, 1.807) is 6.07 Å². The molecule has 2 fully saturated rings. The van der Waals surface area contributed by atoms with E-state index in [0.29, 0.717) is 22.0 Å². The van der Waals surface area contributed by atoms with E-state index in [9.17, 15) is 0 Å². The summed E-state index contributed by atoms with van der Waals surface area (Å²) in [6, 6.07) is 6.19. The molecule has 2 saturated heterocycles. The smallest absolute Gasteiger partial charge is 0.179 e. The van der Waals surface area contributed by atoms with Crippen molar-refractivity contribution in [1.29, 1.82) is 0 Å². The van der Waals surface area contributed by atoms with E-state index in [1.807, 2.05) is 29.9 Å². The van der Waals surface area contributed by atoms with E-state index in [1.165, 1.54) is 45.2 Å². The summed E-state index contributed by atoms with van der Waals surface area (Å²) in [5.41, 5.74) is 3.48. The topological polar surface area (TPSA) is 50.1 Å². The zero-order valence-corrected chi connectivity index (χ0v) is 23.1. The standard InChI is InChI=1S/C26H34Cl2N6.ClH/c1-17-16-33(13-10-23(17)32-11-6-4-5-7-12-32)24-15-29-25-18(2)31-34(26(25)30-24)19(3)21-9-8-20(27)14-22(21)28;/h8-9,14-15,17,19,23H,4-7,10-13,16H2,1-3H3;1H/t17-,19?,23+;/m0./s1. The number of aryl methyl sites for hydroxylation is 1. The molecule has 9 heteroatoms. The first-order valence-corrected chi connectivity index (χ1v) is 13.3. The fourth-order valence-electron chi connectivity index (χ4n) is 5.75. The Morgan fingerprint density at radius 2 is 1.80 bits per heavy atom. The van der Waals surface area contributed by atoms with Crippen LogP contribution >= 0.6 is 35.6 Å². The van der Waals surface area contributed by atoms with Crippen molar-refractivity contribution in [3.8, 4) is 0 Å². The number of rotatable bonds is 4. The van der Waals surface area contributed by atoms with E-state index < -0.39 is 0 Å². The lowest BCUT2D eigenvalue weighted by molar-refractivity contribution is 0.132. The van der Waals surface area contributed by atoms with Crippen molar-refractivity contribution >= 4 is 52.6 Å². The third-order valence-electron chi connectivity index (χ3n) is 7.63. The van der Waals surface area contributed by atoms with Gasteiger partial charge in [-0.25, -0.2) is 14.6 Å². The molecular weight excluding hydrogens is 503 g/mol. The highest BCUT2D eigenvalue weighted by Crippen LogP contribution is 2.32. The maximum absolute atomic E-state index is 6.52. The molecule has 2 aliphatic rings. The Hall–Kier alpha value is -1.60. The van der Waals surface area contributed by atoms with Crippen LogP contribution in [0.25, 0.3) is 11.2 Å². The molecule has 2 aliphatic heterocycles. The van der Waals surface area contributed by atoms with Crippen molar-refractivity contribution in [3.05, 3.63) is 45.7 Å². The van der Waals surface area contributed by atoms with Gasteiger partial charge in [0.25, 0.3) is 0 Å². The minimum absolute atomic E-state index is 0. The number of hydrogen-bond acceptors (Lipinski definition) is 5. The number of likely N-dealkylation sites (tertiary alicyclic amines) is 1. The van der Waals surface area contributed by atoms with Gasteiger partial charge in [-0.3, -0.25) is 4.90 Å². The summed E-state index contributed by atoms with van der Waals surface area (Å²) in [5.74, 6) is 1.53. The van der Waals surface area contributed by atoms with Crippen molar-refractivity contribution in [2.24, 2.45) is 5.92 Å². The van der Waals surface area contributed by atoms with Gasteiger partial charge in [-0.2, -0.15) is 5.10 Å². The maximum atomic E-state index is 6.52. The summed E-state index contributed by atoms with van der Waals surface area (Å²) in [5, 5.41) is 6.05. The molecule has 6 nitrogen and oxygen atoms in total. The lowest BCUT2D eigenvalue weighted by atomic mass is 9.92. The van der Waals surface area contributed by atoms with Crippen LogP contribution in [-0.4, -0.2) is 56.9 Å². The Balaban J connectivity index is 0.00000289. The fourth-order valence-corrected chi connectivity index (χ4v) is 6.31. The van der Waals surface area contributed by atoms with Crippen LogP contribution in [0, 0.1) is 12.8 Å². The maximum Gasteiger partial charge on any atom is 0.179 e. The van der Waals surface area contributed by atoms with Crippen LogP contribution in [0.2, 0.25) is 10.0 Å². The second-order valence-corrected chi connectivity index (χ2v) is 10.8. The number of piperidine rings is 1. The van der Waals surface area contributed by atoms with Gasteiger partial charge in [0.05, 0.1) is 17.9 Å². The van der Waals surface area contributed by atoms with Gasteiger partial charge in [0.15, 0.2) is 5.65 Å². The van der Waals surface area contributed by atoms with Gasteiger partial charge in [0.2, 0.25) is 0 Å². The molecule has 0 spiro atoms. The second kappa shape index (κ2) is 11.2. The molecule has 5 rings (SSSR count). The summed E-state index contributed by atoms with van der Waals surface area (Å²) in [6.07, 6.45) is 8.54. The molecule has 0 saturated carbocycles. The number of anilines is 1. The molecule has 35 heavy (non-hydrogen) atoms. The monoisotopic (exact) mass is 536 g/mol. The number of fused-ring (bicyclic) bond motifs is 1. The first-order valence-electron chi connectivity index (χ1n) is 12.6. The third-order valence-corrected chi connectivity index (χ3v) is 8.19. The molecule has 3 atom stereocenters. The van der Waals surface area contributed by atoms with Crippen molar-refractivity contribution in [2.45, 2.75) is 65.0 Å². The van der Waals surface area contributed by atoms with Gasteiger partial charge in [0.1, 0.15) is 11.3 Å². The predicted molar refractivity (Wildman–Crippen MR) is 147 cm³/mol.